The molecule has 1 atom stereocenters. The van der Waals surface area contributed by atoms with Crippen molar-refractivity contribution in [2.24, 2.45) is 0 Å². The van der Waals surface area contributed by atoms with Gasteiger partial charge in [-0.25, -0.2) is 8.42 Å². The number of pyridine rings is 1. The topological polar surface area (TPSA) is 88.7 Å². The van der Waals surface area contributed by atoms with E-state index in [0.29, 0.717) is 23.5 Å². The summed E-state index contributed by atoms with van der Waals surface area (Å²) in [5.41, 5.74) is 4.53. The van der Waals surface area contributed by atoms with Crippen molar-refractivity contribution in [1.29, 1.82) is 0 Å². The zero-order chi connectivity index (χ0) is 22.5. The van der Waals surface area contributed by atoms with Crippen molar-refractivity contribution in [2.75, 3.05) is 27.0 Å². The summed E-state index contributed by atoms with van der Waals surface area (Å²) in [6.07, 6.45) is 1.69. The van der Waals surface area contributed by atoms with Gasteiger partial charge in [-0.1, -0.05) is 11.6 Å². The van der Waals surface area contributed by atoms with Crippen LogP contribution < -0.4 is 15.0 Å². The highest BCUT2D eigenvalue weighted by Crippen LogP contribution is 2.41. The fourth-order valence-corrected chi connectivity index (χ4v) is 5.54. The molecule has 2 aromatic carbocycles. The Morgan fingerprint density at radius 2 is 1.68 bits per heavy atom. The molecule has 7 nitrogen and oxygen atoms in total. The van der Waals surface area contributed by atoms with Crippen LogP contribution in [0.1, 0.15) is 33.9 Å². The standard InChI is InChI=1S/C23H26N2O5S/c1-13-8-14(2)21-16(9-13)10-18(23(26)24-21)22-17-12-20(30-4)19(29-3)11-15(17)6-7-25(22)31(5,27)28/h8-12,22H,6-7H2,1-5H3,(H,24,26). The number of aromatic nitrogens is 1. The number of methoxy groups -OCH3 is 2. The normalized spacial score (nSPS) is 16.9. The molecule has 1 aliphatic heterocycles. The molecule has 3 aromatic rings. The summed E-state index contributed by atoms with van der Waals surface area (Å²) in [6.45, 7) is 4.21. The summed E-state index contributed by atoms with van der Waals surface area (Å²) in [7, 11) is -0.485. The summed E-state index contributed by atoms with van der Waals surface area (Å²) in [6, 6.07) is 8.69. The molecule has 164 valence electrons. The minimum Gasteiger partial charge on any atom is -0.493 e. The van der Waals surface area contributed by atoms with E-state index in [1.54, 1.807) is 13.2 Å². The molecular formula is C23H26N2O5S. The minimum atomic E-state index is -3.58. The Kier molecular flexibility index (Phi) is 5.31. The Hall–Kier alpha value is -2.84. The van der Waals surface area contributed by atoms with Gasteiger partial charge in [0, 0.05) is 12.1 Å². The fraction of sp³-hybridized carbons (Fsp3) is 0.348. The third-order valence-electron chi connectivity index (χ3n) is 5.87. The molecular weight excluding hydrogens is 416 g/mol. The molecule has 1 unspecified atom stereocenters. The van der Waals surface area contributed by atoms with E-state index in [0.717, 1.165) is 33.2 Å². The van der Waals surface area contributed by atoms with Crippen LogP contribution >= 0.6 is 0 Å². The number of ether oxygens (including phenoxy) is 2. The number of hydrogen-bond donors (Lipinski definition) is 1. The fourth-order valence-electron chi connectivity index (χ4n) is 4.51. The first-order chi connectivity index (χ1) is 14.6. The molecule has 0 amide bonds. The van der Waals surface area contributed by atoms with E-state index in [-0.39, 0.29) is 12.1 Å². The smallest absolute Gasteiger partial charge is 0.253 e. The van der Waals surface area contributed by atoms with Gasteiger partial charge >= 0.3 is 0 Å². The molecule has 1 aliphatic rings. The predicted octanol–water partition coefficient (Wildman–Crippen LogP) is 3.07. The van der Waals surface area contributed by atoms with Gasteiger partial charge in [-0.2, -0.15) is 4.31 Å². The monoisotopic (exact) mass is 442 g/mol. The van der Waals surface area contributed by atoms with Gasteiger partial charge in [0.05, 0.1) is 32.0 Å². The average Bonchev–Trinajstić information content (AvgIpc) is 2.71. The van der Waals surface area contributed by atoms with Crippen LogP contribution in [0.5, 0.6) is 11.5 Å². The van der Waals surface area contributed by atoms with E-state index in [1.807, 2.05) is 38.1 Å². The first-order valence-electron chi connectivity index (χ1n) is 10.00. The highest BCUT2D eigenvalue weighted by molar-refractivity contribution is 7.88. The second kappa shape index (κ2) is 7.69. The molecule has 0 aliphatic carbocycles. The van der Waals surface area contributed by atoms with Gasteiger partial charge in [-0.15, -0.1) is 0 Å². The van der Waals surface area contributed by atoms with Gasteiger partial charge < -0.3 is 14.5 Å². The number of aromatic amines is 1. The number of nitrogens with zero attached hydrogens (tertiary/aromatic N) is 1. The Labute approximate surface area is 181 Å². The first kappa shape index (κ1) is 21.4. The average molecular weight is 443 g/mol. The highest BCUT2D eigenvalue weighted by Gasteiger charge is 2.37. The molecule has 0 spiro atoms. The molecule has 31 heavy (non-hydrogen) atoms. The Bertz CT molecular complexity index is 1340. The second-order valence-electron chi connectivity index (χ2n) is 8.03. The molecule has 0 radical (unpaired) electrons. The predicted molar refractivity (Wildman–Crippen MR) is 121 cm³/mol. The maximum Gasteiger partial charge on any atom is 0.253 e. The van der Waals surface area contributed by atoms with Crippen LogP contribution in [-0.2, 0) is 16.4 Å². The van der Waals surface area contributed by atoms with Crippen LogP contribution in [0.4, 0.5) is 0 Å². The van der Waals surface area contributed by atoms with E-state index in [9.17, 15) is 13.2 Å². The largest absolute Gasteiger partial charge is 0.493 e. The van der Waals surface area contributed by atoms with Gasteiger partial charge in [0.2, 0.25) is 10.0 Å². The number of fused-ring (bicyclic) bond motifs is 2. The lowest BCUT2D eigenvalue weighted by atomic mass is 9.89. The SMILES string of the molecule is COc1cc2c(cc1OC)C(c1cc3cc(C)cc(C)c3[nH]c1=O)N(S(C)(=O)=O)CC2. The van der Waals surface area contributed by atoms with Gasteiger partial charge in [-0.3, -0.25) is 4.79 Å². The van der Waals surface area contributed by atoms with Crippen LogP contribution in [0.15, 0.2) is 35.1 Å². The summed E-state index contributed by atoms with van der Waals surface area (Å²) >= 11 is 0. The molecule has 1 N–H and O–H groups in total. The molecule has 0 fully saturated rings. The summed E-state index contributed by atoms with van der Waals surface area (Å²) in [5.74, 6) is 1.07. The molecule has 0 saturated heterocycles. The zero-order valence-electron chi connectivity index (χ0n) is 18.3. The molecule has 2 heterocycles. The number of sulfonamides is 1. The van der Waals surface area contributed by atoms with E-state index >= 15 is 0 Å². The quantitative estimate of drug-likeness (QED) is 0.671. The van der Waals surface area contributed by atoms with Crippen molar-refractivity contribution < 1.29 is 17.9 Å². The van der Waals surface area contributed by atoms with Crippen molar-refractivity contribution in [3.8, 4) is 11.5 Å². The Morgan fingerprint density at radius 1 is 1.00 bits per heavy atom. The second-order valence-corrected chi connectivity index (χ2v) is 9.97. The number of aryl methyl sites for hydroxylation is 2. The molecule has 0 saturated carbocycles. The number of benzene rings is 2. The maximum atomic E-state index is 13.2. The van der Waals surface area contributed by atoms with Gasteiger partial charge in [-0.05, 0) is 66.6 Å². The molecule has 4 rings (SSSR count). The van der Waals surface area contributed by atoms with Crippen molar-refractivity contribution in [3.05, 3.63) is 68.5 Å². The van der Waals surface area contributed by atoms with Crippen molar-refractivity contribution >= 4 is 20.9 Å². The molecule has 1 aromatic heterocycles. The van der Waals surface area contributed by atoms with Gasteiger partial charge in [0.15, 0.2) is 11.5 Å². The minimum absolute atomic E-state index is 0.274. The van der Waals surface area contributed by atoms with E-state index in [1.165, 1.54) is 17.7 Å². The van der Waals surface area contributed by atoms with Crippen LogP contribution in [0.25, 0.3) is 10.9 Å². The Balaban J connectivity index is 2.03. The molecule has 8 heteroatoms. The van der Waals surface area contributed by atoms with Crippen LogP contribution in [-0.4, -0.2) is 44.7 Å². The lowest BCUT2D eigenvalue weighted by Gasteiger charge is -2.36. The first-order valence-corrected chi connectivity index (χ1v) is 11.8. The third-order valence-corrected chi connectivity index (χ3v) is 7.12. The molecule has 0 bridgehead atoms. The maximum absolute atomic E-state index is 13.2. The zero-order valence-corrected chi connectivity index (χ0v) is 19.1. The van der Waals surface area contributed by atoms with E-state index in [2.05, 4.69) is 4.98 Å². The van der Waals surface area contributed by atoms with E-state index in [4.69, 9.17) is 9.47 Å². The van der Waals surface area contributed by atoms with Crippen LogP contribution in [0, 0.1) is 13.8 Å². The van der Waals surface area contributed by atoms with E-state index < -0.39 is 16.1 Å². The summed E-state index contributed by atoms with van der Waals surface area (Å²) < 4.78 is 37.7. The lowest BCUT2D eigenvalue weighted by Crippen LogP contribution is -2.42. The Morgan fingerprint density at radius 3 is 2.32 bits per heavy atom. The highest BCUT2D eigenvalue weighted by atomic mass is 32.2. The van der Waals surface area contributed by atoms with Gasteiger partial charge in [0.25, 0.3) is 5.56 Å². The number of rotatable bonds is 4. The van der Waals surface area contributed by atoms with Crippen LogP contribution in [0.3, 0.4) is 0 Å². The van der Waals surface area contributed by atoms with Crippen molar-refractivity contribution in [1.82, 2.24) is 9.29 Å². The third kappa shape index (κ3) is 3.70. The lowest BCUT2D eigenvalue weighted by molar-refractivity contribution is 0.332. The van der Waals surface area contributed by atoms with Crippen molar-refractivity contribution in [3.63, 3.8) is 0 Å². The summed E-state index contributed by atoms with van der Waals surface area (Å²) in [5, 5.41) is 0.869. The van der Waals surface area contributed by atoms with Crippen LogP contribution in [0.2, 0.25) is 0 Å². The van der Waals surface area contributed by atoms with Crippen molar-refractivity contribution in [2.45, 2.75) is 26.3 Å². The number of nitrogens with one attached hydrogen (secondary N) is 1. The summed E-state index contributed by atoms with van der Waals surface area (Å²) in [4.78, 5) is 16.2. The van der Waals surface area contributed by atoms with Gasteiger partial charge in [0.1, 0.15) is 0 Å². The number of hydrogen-bond acceptors (Lipinski definition) is 5. The number of H-pyrrole nitrogens is 1.